The maximum Gasteiger partial charge on any atom is 0.256 e. The summed E-state index contributed by atoms with van der Waals surface area (Å²) in [7, 11) is 0. The van der Waals surface area contributed by atoms with Crippen LogP contribution < -0.4 is 0 Å². The molecule has 1 aliphatic heterocycles. The van der Waals surface area contributed by atoms with Gasteiger partial charge >= 0.3 is 0 Å². The minimum absolute atomic E-state index is 0.0559. The van der Waals surface area contributed by atoms with Gasteiger partial charge in [0, 0.05) is 49.7 Å². The summed E-state index contributed by atoms with van der Waals surface area (Å²) in [6.07, 6.45) is 0.826. The molecule has 1 aliphatic rings. The fourth-order valence-electron chi connectivity index (χ4n) is 3.15. The molecule has 0 saturated carbocycles. The molecule has 0 unspecified atom stereocenters. The van der Waals surface area contributed by atoms with Gasteiger partial charge in [-0.25, -0.2) is 0 Å². The number of aryl methyl sites for hydroxylation is 1. The molecule has 1 aromatic carbocycles. The number of para-hydroxylation sites is 1. The fourth-order valence-corrected chi connectivity index (χ4v) is 3.15. The number of nitrogens with zero attached hydrogens (tertiary/aromatic N) is 2. The van der Waals surface area contributed by atoms with Gasteiger partial charge in [0.05, 0.1) is 5.56 Å². The van der Waals surface area contributed by atoms with E-state index in [4.69, 9.17) is 0 Å². The first-order chi connectivity index (χ1) is 10.6. The Hall–Kier alpha value is -2.30. The van der Waals surface area contributed by atoms with Crippen LogP contribution in [0.2, 0.25) is 0 Å². The molecule has 1 aromatic heterocycles. The van der Waals surface area contributed by atoms with Gasteiger partial charge < -0.3 is 14.8 Å². The van der Waals surface area contributed by atoms with Gasteiger partial charge in [0.2, 0.25) is 5.91 Å². The van der Waals surface area contributed by atoms with E-state index < -0.39 is 0 Å². The molecule has 2 amide bonds. The Balaban J connectivity index is 1.87. The molecule has 2 heterocycles. The first-order valence-corrected chi connectivity index (χ1v) is 7.70. The zero-order valence-electron chi connectivity index (χ0n) is 13.1. The van der Waals surface area contributed by atoms with Crippen molar-refractivity contribution >= 4 is 22.7 Å². The van der Waals surface area contributed by atoms with E-state index in [0.29, 0.717) is 19.6 Å². The summed E-state index contributed by atoms with van der Waals surface area (Å²) in [6.45, 7) is 6.15. The van der Waals surface area contributed by atoms with Crippen LogP contribution in [0, 0.1) is 6.92 Å². The molecule has 1 fully saturated rings. The van der Waals surface area contributed by atoms with Gasteiger partial charge in [0.15, 0.2) is 0 Å². The van der Waals surface area contributed by atoms with E-state index in [2.05, 4.69) is 4.98 Å². The van der Waals surface area contributed by atoms with Gasteiger partial charge in [-0.05, 0) is 19.4 Å². The molecule has 0 atom stereocenters. The highest BCUT2D eigenvalue weighted by Gasteiger charge is 2.24. The van der Waals surface area contributed by atoms with Crippen LogP contribution in [0.5, 0.6) is 0 Å². The van der Waals surface area contributed by atoms with E-state index in [9.17, 15) is 9.59 Å². The van der Waals surface area contributed by atoms with Crippen LogP contribution in [0.25, 0.3) is 10.9 Å². The van der Waals surface area contributed by atoms with Crippen molar-refractivity contribution in [3.63, 3.8) is 0 Å². The van der Waals surface area contributed by atoms with E-state index >= 15 is 0 Å². The number of carbonyl (C=O) groups excluding carboxylic acids is 2. The molecular formula is C17H21N3O2. The molecule has 3 rings (SSSR count). The van der Waals surface area contributed by atoms with E-state index in [1.165, 1.54) is 0 Å². The van der Waals surface area contributed by atoms with E-state index in [1.54, 1.807) is 6.92 Å². The highest BCUT2D eigenvalue weighted by molar-refractivity contribution is 6.08. The van der Waals surface area contributed by atoms with E-state index in [0.717, 1.165) is 35.1 Å². The molecule has 2 aromatic rings. The molecule has 0 spiro atoms. The number of aromatic amines is 1. The van der Waals surface area contributed by atoms with Crippen LogP contribution >= 0.6 is 0 Å². The Bertz CT molecular complexity index is 720. The Labute approximate surface area is 129 Å². The van der Waals surface area contributed by atoms with Crippen molar-refractivity contribution in [1.29, 1.82) is 0 Å². The first kappa shape index (κ1) is 14.6. The van der Waals surface area contributed by atoms with Gasteiger partial charge in [0.1, 0.15) is 0 Å². The zero-order chi connectivity index (χ0) is 15.7. The predicted octanol–water partition coefficient (Wildman–Crippen LogP) is 2.17. The SMILES string of the molecule is CC(=O)N1CCCN(C(=O)c2c(C)[nH]c3ccccc23)CC1. The zero-order valence-corrected chi connectivity index (χ0v) is 13.1. The summed E-state index contributed by atoms with van der Waals surface area (Å²) in [6, 6.07) is 7.88. The Morgan fingerprint density at radius 3 is 2.50 bits per heavy atom. The fraction of sp³-hybridized carbons (Fsp3) is 0.412. The standard InChI is InChI=1S/C17H21N3O2/c1-12-16(14-6-3-4-7-15(14)18-12)17(22)20-9-5-8-19(10-11-20)13(2)21/h3-4,6-7,18H,5,8-11H2,1-2H3. The molecule has 116 valence electrons. The lowest BCUT2D eigenvalue weighted by Crippen LogP contribution is -2.36. The second-order valence-electron chi connectivity index (χ2n) is 5.82. The predicted molar refractivity (Wildman–Crippen MR) is 85.8 cm³/mol. The van der Waals surface area contributed by atoms with E-state index in [-0.39, 0.29) is 11.8 Å². The Morgan fingerprint density at radius 1 is 1.05 bits per heavy atom. The topological polar surface area (TPSA) is 56.4 Å². The van der Waals surface area contributed by atoms with Crippen LogP contribution in [0.1, 0.15) is 29.4 Å². The van der Waals surface area contributed by atoms with Crippen molar-refractivity contribution in [2.45, 2.75) is 20.3 Å². The number of H-pyrrole nitrogens is 1. The lowest BCUT2D eigenvalue weighted by molar-refractivity contribution is -0.128. The third kappa shape index (κ3) is 2.58. The van der Waals surface area contributed by atoms with Crippen LogP contribution in [0.15, 0.2) is 24.3 Å². The van der Waals surface area contributed by atoms with Gasteiger partial charge in [-0.1, -0.05) is 18.2 Å². The minimum Gasteiger partial charge on any atom is -0.358 e. The van der Waals surface area contributed by atoms with Crippen molar-refractivity contribution in [3.8, 4) is 0 Å². The van der Waals surface area contributed by atoms with Gasteiger partial charge in [-0.2, -0.15) is 0 Å². The van der Waals surface area contributed by atoms with Gasteiger partial charge in [-0.3, -0.25) is 9.59 Å². The number of amides is 2. The summed E-state index contributed by atoms with van der Waals surface area (Å²) in [5.41, 5.74) is 2.65. The maximum atomic E-state index is 12.9. The minimum atomic E-state index is 0.0559. The monoisotopic (exact) mass is 299 g/mol. The summed E-state index contributed by atoms with van der Waals surface area (Å²) in [4.78, 5) is 31.4. The van der Waals surface area contributed by atoms with Crippen molar-refractivity contribution in [3.05, 3.63) is 35.5 Å². The molecule has 5 heteroatoms. The molecule has 22 heavy (non-hydrogen) atoms. The Morgan fingerprint density at radius 2 is 1.73 bits per heavy atom. The quantitative estimate of drug-likeness (QED) is 0.877. The normalized spacial score (nSPS) is 15.9. The number of hydrogen-bond donors (Lipinski definition) is 1. The van der Waals surface area contributed by atoms with Crippen molar-refractivity contribution < 1.29 is 9.59 Å². The van der Waals surface area contributed by atoms with Crippen LogP contribution in [0.4, 0.5) is 0 Å². The highest BCUT2D eigenvalue weighted by atomic mass is 16.2. The third-order valence-electron chi connectivity index (χ3n) is 4.34. The number of nitrogens with one attached hydrogen (secondary N) is 1. The number of benzene rings is 1. The van der Waals surface area contributed by atoms with Crippen LogP contribution in [-0.4, -0.2) is 52.8 Å². The smallest absolute Gasteiger partial charge is 0.256 e. The van der Waals surface area contributed by atoms with E-state index in [1.807, 2.05) is 41.0 Å². The molecule has 0 bridgehead atoms. The van der Waals surface area contributed by atoms with Gasteiger partial charge in [-0.15, -0.1) is 0 Å². The lowest BCUT2D eigenvalue weighted by Gasteiger charge is -2.21. The molecule has 1 saturated heterocycles. The maximum absolute atomic E-state index is 12.9. The number of rotatable bonds is 1. The van der Waals surface area contributed by atoms with Gasteiger partial charge in [0.25, 0.3) is 5.91 Å². The van der Waals surface area contributed by atoms with Crippen LogP contribution in [-0.2, 0) is 4.79 Å². The Kier molecular flexibility index (Phi) is 3.88. The van der Waals surface area contributed by atoms with Crippen molar-refractivity contribution in [2.75, 3.05) is 26.2 Å². The lowest BCUT2D eigenvalue weighted by atomic mass is 10.1. The second-order valence-corrected chi connectivity index (χ2v) is 5.82. The number of fused-ring (bicyclic) bond motifs is 1. The number of hydrogen-bond acceptors (Lipinski definition) is 2. The second kappa shape index (κ2) is 5.83. The number of aromatic nitrogens is 1. The summed E-state index contributed by atoms with van der Waals surface area (Å²) in [5, 5.41) is 0.970. The average Bonchev–Trinajstić information content (AvgIpc) is 2.68. The van der Waals surface area contributed by atoms with Crippen molar-refractivity contribution in [1.82, 2.24) is 14.8 Å². The van der Waals surface area contributed by atoms with Crippen molar-refractivity contribution in [2.24, 2.45) is 0 Å². The summed E-state index contributed by atoms with van der Waals surface area (Å²) < 4.78 is 0. The summed E-state index contributed by atoms with van der Waals surface area (Å²) in [5.74, 6) is 0.137. The number of carbonyl (C=O) groups is 2. The molecule has 5 nitrogen and oxygen atoms in total. The molecule has 0 radical (unpaired) electrons. The summed E-state index contributed by atoms with van der Waals surface area (Å²) >= 11 is 0. The third-order valence-corrected chi connectivity index (χ3v) is 4.34. The first-order valence-electron chi connectivity index (χ1n) is 7.70. The molecule has 1 N–H and O–H groups in total. The molecule has 0 aliphatic carbocycles. The molecular weight excluding hydrogens is 278 g/mol. The van der Waals surface area contributed by atoms with Crippen LogP contribution in [0.3, 0.4) is 0 Å². The average molecular weight is 299 g/mol. The highest BCUT2D eigenvalue weighted by Crippen LogP contribution is 2.23. The largest absolute Gasteiger partial charge is 0.358 e.